The quantitative estimate of drug-likeness (QED) is 0.707. The SMILES string of the molecule is C=C(C)Nc1cnc(C)s1. The van der Waals surface area contributed by atoms with Crippen LogP contribution in [0.1, 0.15) is 11.9 Å². The molecule has 0 bridgehead atoms. The van der Waals surface area contributed by atoms with E-state index in [1.807, 2.05) is 20.0 Å². The lowest BCUT2D eigenvalue weighted by atomic mass is 10.6. The molecule has 0 radical (unpaired) electrons. The Labute approximate surface area is 64.6 Å². The summed E-state index contributed by atoms with van der Waals surface area (Å²) in [7, 11) is 0. The van der Waals surface area contributed by atoms with Gasteiger partial charge in [0.1, 0.15) is 5.00 Å². The van der Waals surface area contributed by atoms with Gasteiger partial charge in [-0.3, -0.25) is 0 Å². The minimum absolute atomic E-state index is 0.948. The van der Waals surface area contributed by atoms with Gasteiger partial charge in [0.25, 0.3) is 0 Å². The van der Waals surface area contributed by atoms with E-state index in [1.54, 1.807) is 11.3 Å². The second kappa shape index (κ2) is 2.84. The molecule has 0 atom stereocenters. The first-order valence-corrected chi connectivity index (χ1v) is 3.85. The molecule has 2 nitrogen and oxygen atoms in total. The van der Waals surface area contributed by atoms with Crippen molar-refractivity contribution < 1.29 is 0 Å². The molecule has 1 N–H and O–H groups in total. The van der Waals surface area contributed by atoms with Crippen LogP contribution in [0.2, 0.25) is 0 Å². The summed E-state index contributed by atoms with van der Waals surface area (Å²) < 4.78 is 0. The number of hydrogen-bond donors (Lipinski definition) is 1. The molecule has 0 aliphatic heterocycles. The normalized spacial score (nSPS) is 9.40. The van der Waals surface area contributed by atoms with Gasteiger partial charge in [-0.05, 0) is 13.8 Å². The Morgan fingerprint density at radius 2 is 2.50 bits per heavy atom. The van der Waals surface area contributed by atoms with E-state index in [1.165, 1.54) is 0 Å². The molecule has 0 saturated carbocycles. The second-order valence-corrected chi connectivity index (χ2v) is 3.38. The molecule has 1 rings (SSSR count). The summed E-state index contributed by atoms with van der Waals surface area (Å²) in [5.74, 6) is 0. The monoisotopic (exact) mass is 154 g/mol. The van der Waals surface area contributed by atoms with Crippen molar-refractivity contribution in [3.8, 4) is 0 Å². The third-order valence-corrected chi connectivity index (χ3v) is 1.79. The maximum Gasteiger partial charge on any atom is 0.113 e. The molecule has 1 aromatic heterocycles. The zero-order valence-electron chi connectivity index (χ0n) is 6.14. The summed E-state index contributed by atoms with van der Waals surface area (Å²) in [6.07, 6.45) is 1.81. The molecule has 0 aliphatic carbocycles. The Kier molecular flexibility index (Phi) is 2.06. The molecule has 0 spiro atoms. The van der Waals surface area contributed by atoms with Crippen molar-refractivity contribution in [1.29, 1.82) is 0 Å². The van der Waals surface area contributed by atoms with Crippen LogP contribution in [-0.4, -0.2) is 4.98 Å². The summed E-state index contributed by atoms with van der Waals surface area (Å²) in [6.45, 7) is 7.63. The summed E-state index contributed by atoms with van der Waals surface area (Å²) >= 11 is 1.63. The van der Waals surface area contributed by atoms with Crippen LogP contribution in [0, 0.1) is 6.92 Å². The van der Waals surface area contributed by atoms with E-state index in [4.69, 9.17) is 0 Å². The van der Waals surface area contributed by atoms with E-state index < -0.39 is 0 Å². The van der Waals surface area contributed by atoms with Gasteiger partial charge in [0.15, 0.2) is 0 Å². The van der Waals surface area contributed by atoms with Gasteiger partial charge >= 0.3 is 0 Å². The topological polar surface area (TPSA) is 24.9 Å². The molecular weight excluding hydrogens is 144 g/mol. The van der Waals surface area contributed by atoms with Crippen molar-refractivity contribution in [2.24, 2.45) is 0 Å². The first kappa shape index (κ1) is 7.28. The van der Waals surface area contributed by atoms with Gasteiger partial charge in [-0.15, -0.1) is 11.3 Å². The highest BCUT2D eigenvalue weighted by atomic mass is 32.1. The molecule has 10 heavy (non-hydrogen) atoms. The predicted octanol–water partition coefficient (Wildman–Crippen LogP) is 2.40. The maximum absolute atomic E-state index is 4.08. The van der Waals surface area contributed by atoms with Gasteiger partial charge in [-0.25, -0.2) is 4.98 Å². The molecule has 0 fully saturated rings. The second-order valence-electron chi connectivity index (χ2n) is 2.15. The fourth-order valence-electron chi connectivity index (χ4n) is 0.629. The molecule has 54 valence electrons. The third-order valence-electron chi connectivity index (χ3n) is 0.958. The van der Waals surface area contributed by atoms with Crippen molar-refractivity contribution in [2.45, 2.75) is 13.8 Å². The molecule has 0 amide bonds. The van der Waals surface area contributed by atoms with Crippen LogP contribution in [-0.2, 0) is 0 Å². The minimum atomic E-state index is 0.948. The molecule has 1 heterocycles. The van der Waals surface area contributed by atoms with E-state index in [2.05, 4.69) is 16.9 Å². The van der Waals surface area contributed by atoms with Gasteiger partial charge < -0.3 is 5.32 Å². The number of anilines is 1. The van der Waals surface area contributed by atoms with Crippen molar-refractivity contribution >= 4 is 16.3 Å². The molecule has 0 unspecified atom stereocenters. The first-order valence-electron chi connectivity index (χ1n) is 3.03. The average molecular weight is 154 g/mol. The molecule has 3 heteroatoms. The molecule has 0 saturated heterocycles. The van der Waals surface area contributed by atoms with Crippen molar-refractivity contribution in [3.63, 3.8) is 0 Å². The third kappa shape index (κ3) is 1.84. The number of thiazole rings is 1. The van der Waals surface area contributed by atoms with Crippen LogP contribution in [0.25, 0.3) is 0 Å². The minimum Gasteiger partial charge on any atom is -0.350 e. The maximum atomic E-state index is 4.08. The number of nitrogens with one attached hydrogen (secondary N) is 1. The van der Waals surface area contributed by atoms with Gasteiger partial charge in [0.05, 0.1) is 11.2 Å². The highest BCUT2D eigenvalue weighted by molar-refractivity contribution is 7.15. The highest BCUT2D eigenvalue weighted by Crippen LogP contribution is 2.18. The largest absolute Gasteiger partial charge is 0.350 e. The number of aromatic nitrogens is 1. The first-order chi connectivity index (χ1) is 4.68. The van der Waals surface area contributed by atoms with Crippen molar-refractivity contribution in [2.75, 3.05) is 5.32 Å². The number of allylic oxidation sites excluding steroid dienone is 1. The predicted molar refractivity (Wildman–Crippen MR) is 45.3 cm³/mol. The number of nitrogens with zero attached hydrogens (tertiary/aromatic N) is 1. The Hall–Kier alpha value is -0.830. The van der Waals surface area contributed by atoms with Gasteiger partial charge in [-0.2, -0.15) is 0 Å². The number of aryl methyl sites for hydroxylation is 1. The summed E-state index contributed by atoms with van der Waals surface area (Å²) in [6, 6.07) is 0. The fraction of sp³-hybridized carbons (Fsp3) is 0.286. The van der Waals surface area contributed by atoms with Gasteiger partial charge in [0, 0.05) is 5.70 Å². The molecule has 0 aromatic carbocycles. The summed E-state index contributed by atoms with van der Waals surface area (Å²) in [5.41, 5.74) is 0.948. The van der Waals surface area contributed by atoms with E-state index in [0.29, 0.717) is 0 Å². The van der Waals surface area contributed by atoms with Crippen molar-refractivity contribution in [3.05, 3.63) is 23.5 Å². The number of hydrogen-bond acceptors (Lipinski definition) is 3. The van der Waals surface area contributed by atoms with E-state index in [9.17, 15) is 0 Å². The average Bonchev–Trinajstić information content (AvgIpc) is 2.13. The fourth-order valence-corrected chi connectivity index (χ4v) is 1.38. The van der Waals surface area contributed by atoms with Crippen molar-refractivity contribution in [1.82, 2.24) is 4.98 Å². The van der Waals surface area contributed by atoms with E-state index in [0.717, 1.165) is 15.7 Å². The number of rotatable bonds is 2. The Morgan fingerprint density at radius 1 is 1.80 bits per heavy atom. The smallest absolute Gasteiger partial charge is 0.113 e. The van der Waals surface area contributed by atoms with Crippen LogP contribution < -0.4 is 5.32 Å². The Bertz CT molecular complexity index is 240. The summed E-state index contributed by atoms with van der Waals surface area (Å²) in [4.78, 5) is 4.08. The lowest BCUT2D eigenvalue weighted by Gasteiger charge is -1.97. The zero-order valence-corrected chi connectivity index (χ0v) is 6.96. The molecular formula is C7H10N2S. The summed E-state index contributed by atoms with van der Waals surface area (Å²) in [5, 5.41) is 5.22. The highest BCUT2D eigenvalue weighted by Gasteiger charge is 1.94. The van der Waals surface area contributed by atoms with Crippen LogP contribution in [0.4, 0.5) is 5.00 Å². The van der Waals surface area contributed by atoms with E-state index in [-0.39, 0.29) is 0 Å². The van der Waals surface area contributed by atoms with Crippen LogP contribution in [0.5, 0.6) is 0 Å². The Morgan fingerprint density at radius 3 is 2.90 bits per heavy atom. The Balaban J connectivity index is 2.67. The lowest BCUT2D eigenvalue weighted by Crippen LogP contribution is -1.88. The standard InChI is InChI=1S/C7H10N2S/c1-5(2)9-7-4-8-6(3)10-7/h4,9H,1H2,2-3H3. The molecule has 0 aliphatic rings. The van der Waals surface area contributed by atoms with Gasteiger partial charge in [0.2, 0.25) is 0 Å². The lowest BCUT2D eigenvalue weighted by molar-refractivity contribution is 1.29. The van der Waals surface area contributed by atoms with E-state index >= 15 is 0 Å². The van der Waals surface area contributed by atoms with Crippen LogP contribution in [0.3, 0.4) is 0 Å². The zero-order chi connectivity index (χ0) is 7.56. The van der Waals surface area contributed by atoms with Crippen LogP contribution in [0.15, 0.2) is 18.5 Å². The molecule has 1 aromatic rings. The van der Waals surface area contributed by atoms with Gasteiger partial charge in [-0.1, -0.05) is 6.58 Å². The van der Waals surface area contributed by atoms with Crippen LogP contribution >= 0.6 is 11.3 Å².